The maximum absolute atomic E-state index is 10.8. The van der Waals surface area contributed by atoms with E-state index in [4.69, 9.17) is 15.9 Å². The summed E-state index contributed by atoms with van der Waals surface area (Å²) in [5, 5.41) is 28.3. The molecule has 0 heterocycles. The molecule has 0 bridgehead atoms. The summed E-state index contributed by atoms with van der Waals surface area (Å²) < 4.78 is 0. The Bertz CT molecular complexity index is 969. The van der Waals surface area contributed by atoms with Gasteiger partial charge in [-0.2, -0.15) is 0 Å². The molecule has 0 unspecified atom stereocenters. The number of nitro groups is 1. The van der Waals surface area contributed by atoms with Crippen LogP contribution in [0.2, 0.25) is 0 Å². The SMILES string of the molecule is CC(C)(C)c1ccc(C(=O)O)c(N)c1.CC(C)(C)c1ccc(C(=O)O)c([N+](=O)[O-])c1. The molecule has 2 aromatic carbocycles. The summed E-state index contributed by atoms with van der Waals surface area (Å²) >= 11 is 0. The third-order valence-corrected chi connectivity index (χ3v) is 4.44. The molecule has 4 N–H and O–H groups in total. The summed E-state index contributed by atoms with van der Waals surface area (Å²) in [4.78, 5) is 31.6. The zero-order valence-electron chi connectivity index (χ0n) is 18.0. The lowest BCUT2D eigenvalue weighted by Crippen LogP contribution is -2.13. The quantitative estimate of drug-likeness (QED) is 0.368. The Labute approximate surface area is 175 Å². The molecule has 0 aliphatic carbocycles. The van der Waals surface area contributed by atoms with Gasteiger partial charge in [0.05, 0.1) is 10.5 Å². The van der Waals surface area contributed by atoms with E-state index in [2.05, 4.69) is 20.8 Å². The highest BCUT2D eigenvalue weighted by Gasteiger charge is 2.23. The van der Waals surface area contributed by atoms with Gasteiger partial charge in [-0.1, -0.05) is 53.7 Å². The van der Waals surface area contributed by atoms with E-state index >= 15 is 0 Å². The van der Waals surface area contributed by atoms with Gasteiger partial charge in [0.25, 0.3) is 5.69 Å². The van der Waals surface area contributed by atoms with E-state index in [1.54, 1.807) is 24.3 Å². The van der Waals surface area contributed by atoms with Gasteiger partial charge in [-0.3, -0.25) is 10.1 Å². The predicted molar refractivity (Wildman–Crippen MR) is 115 cm³/mol. The number of nitrogens with zero attached hydrogens (tertiary/aromatic N) is 1. The van der Waals surface area contributed by atoms with Crippen LogP contribution in [0.15, 0.2) is 36.4 Å². The lowest BCUT2D eigenvalue weighted by Gasteiger charge is -2.19. The highest BCUT2D eigenvalue weighted by Crippen LogP contribution is 2.28. The van der Waals surface area contributed by atoms with Crippen molar-refractivity contribution in [1.29, 1.82) is 0 Å². The van der Waals surface area contributed by atoms with Crippen molar-refractivity contribution in [1.82, 2.24) is 0 Å². The Morgan fingerprint density at radius 3 is 1.57 bits per heavy atom. The Hall–Kier alpha value is -3.42. The van der Waals surface area contributed by atoms with E-state index in [0.717, 1.165) is 11.1 Å². The van der Waals surface area contributed by atoms with E-state index in [0.29, 0.717) is 5.69 Å². The van der Waals surface area contributed by atoms with Crippen LogP contribution in [-0.4, -0.2) is 27.1 Å². The highest BCUT2D eigenvalue weighted by molar-refractivity contribution is 5.93. The van der Waals surface area contributed by atoms with Gasteiger partial charge >= 0.3 is 11.9 Å². The van der Waals surface area contributed by atoms with Crippen molar-refractivity contribution in [2.24, 2.45) is 0 Å². The second kappa shape index (κ2) is 8.94. The zero-order valence-corrected chi connectivity index (χ0v) is 18.0. The number of benzene rings is 2. The molecule has 0 aromatic heterocycles. The van der Waals surface area contributed by atoms with Gasteiger partial charge in [0.1, 0.15) is 5.56 Å². The van der Waals surface area contributed by atoms with Crippen molar-refractivity contribution in [3.63, 3.8) is 0 Å². The number of nitrogen functional groups attached to an aromatic ring is 1. The molecule has 8 nitrogen and oxygen atoms in total. The predicted octanol–water partition coefficient (Wildman–Crippen LogP) is 4.86. The Kier molecular flexibility index (Phi) is 7.34. The lowest BCUT2D eigenvalue weighted by molar-refractivity contribution is -0.385. The van der Waals surface area contributed by atoms with E-state index in [9.17, 15) is 19.7 Å². The van der Waals surface area contributed by atoms with Gasteiger partial charge in [0, 0.05) is 11.8 Å². The molecule has 30 heavy (non-hydrogen) atoms. The number of hydrogen-bond acceptors (Lipinski definition) is 5. The average molecular weight is 416 g/mol. The van der Waals surface area contributed by atoms with E-state index in [1.807, 2.05) is 20.8 Å². The molecule has 0 saturated heterocycles. The fourth-order valence-corrected chi connectivity index (χ4v) is 2.55. The maximum Gasteiger partial charge on any atom is 0.342 e. The zero-order chi connectivity index (χ0) is 23.4. The van der Waals surface area contributed by atoms with Crippen LogP contribution in [0, 0.1) is 10.1 Å². The van der Waals surface area contributed by atoms with Crippen molar-refractivity contribution in [2.45, 2.75) is 52.4 Å². The maximum atomic E-state index is 10.8. The number of carbonyl (C=O) groups is 2. The molecule has 0 spiro atoms. The Morgan fingerprint density at radius 2 is 1.23 bits per heavy atom. The number of carboxylic acids is 2. The molecule has 162 valence electrons. The number of hydrogen-bond donors (Lipinski definition) is 3. The molecular formula is C22H28N2O6. The van der Waals surface area contributed by atoms with Crippen LogP contribution >= 0.6 is 0 Å². The van der Waals surface area contributed by atoms with Crippen molar-refractivity contribution < 1.29 is 24.7 Å². The van der Waals surface area contributed by atoms with Gasteiger partial charge in [-0.15, -0.1) is 0 Å². The van der Waals surface area contributed by atoms with Crippen LogP contribution < -0.4 is 5.73 Å². The fourth-order valence-electron chi connectivity index (χ4n) is 2.55. The van der Waals surface area contributed by atoms with Crippen LogP contribution in [0.25, 0.3) is 0 Å². The van der Waals surface area contributed by atoms with Crippen LogP contribution in [0.1, 0.15) is 73.4 Å². The number of nitro benzene ring substituents is 1. The van der Waals surface area contributed by atoms with Gasteiger partial charge in [-0.05, 0) is 40.2 Å². The Balaban J connectivity index is 0.000000303. The van der Waals surface area contributed by atoms with Crippen molar-refractivity contribution >= 4 is 23.3 Å². The molecule has 0 aliphatic heterocycles. The normalized spacial score (nSPS) is 11.3. The van der Waals surface area contributed by atoms with Crippen LogP contribution in [-0.2, 0) is 10.8 Å². The van der Waals surface area contributed by atoms with Crippen LogP contribution in [0.4, 0.5) is 11.4 Å². The third-order valence-electron chi connectivity index (χ3n) is 4.44. The summed E-state index contributed by atoms with van der Waals surface area (Å²) in [5.41, 5.74) is 7.01. The lowest BCUT2D eigenvalue weighted by atomic mass is 9.86. The molecule has 0 atom stereocenters. The molecule has 0 amide bonds. The fraction of sp³-hybridized carbons (Fsp3) is 0.364. The summed E-state index contributed by atoms with van der Waals surface area (Å²) in [5.74, 6) is -2.27. The molecule has 0 radical (unpaired) electrons. The summed E-state index contributed by atoms with van der Waals surface area (Å²) in [7, 11) is 0. The minimum atomic E-state index is -1.29. The molecule has 0 aliphatic rings. The topological polar surface area (TPSA) is 144 Å². The van der Waals surface area contributed by atoms with Gasteiger partial charge < -0.3 is 15.9 Å². The largest absolute Gasteiger partial charge is 0.478 e. The highest BCUT2D eigenvalue weighted by atomic mass is 16.6. The van der Waals surface area contributed by atoms with E-state index in [-0.39, 0.29) is 27.6 Å². The Morgan fingerprint density at radius 1 is 0.833 bits per heavy atom. The number of nitrogens with two attached hydrogens (primary N) is 1. The first-order chi connectivity index (χ1) is 13.6. The average Bonchev–Trinajstić information content (AvgIpc) is 2.59. The molecule has 2 aromatic rings. The summed E-state index contributed by atoms with van der Waals surface area (Å²) in [6.45, 7) is 11.9. The first-order valence-corrected chi connectivity index (χ1v) is 9.21. The van der Waals surface area contributed by atoms with E-state index in [1.165, 1.54) is 12.1 Å². The first kappa shape index (κ1) is 24.6. The molecule has 0 saturated carbocycles. The minimum Gasteiger partial charge on any atom is -0.478 e. The number of aromatic carboxylic acids is 2. The van der Waals surface area contributed by atoms with E-state index < -0.39 is 16.9 Å². The second-order valence-electron chi connectivity index (χ2n) is 8.90. The first-order valence-electron chi connectivity index (χ1n) is 9.21. The van der Waals surface area contributed by atoms with Crippen LogP contribution in [0.3, 0.4) is 0 Å². The summed E-state index contributed by atoms with van der Waals surface area (Å²) in [6.07, 6.45) is 0. The third kappa shape index (κ3) is 6.30. The number of rotatable bonds is 3. The molecule has 0 fully saturated rings. The molecule has 8 heteroatoms. The smallest absolute Gasteiger partial charge is 0.342 e. The van der Waals surface area contributed by atoms with Crippen molar-refractivity contribution in [3.8, 4) is 0 Å². The van der Waals surface area contributed by atoms with Gasteiger partial charge in [0.2, 0.25) is 0 Å². The van der Waals surface area contributed by atoms with Crippen molar-refractivity contribution in [3.05, 3.63) is 68.8 Å². The minimum absolute atomic E-state index is 0.00878. The second-order valence-corrected chi connectivity index (χ2v) is 8.90. The van der Waals surface area contributed by atoms with Gasteiger partial charge in [-0.25, -0.2) is 9.59 Å². The monoisotopic (exact) mass is 416 g/mol. The molecular weight excluding hydrogens is 388 g/mol. The number of carboxylic acid groups (broad SMARTS) is 2. The number of anilines is 1. The van der Waals surface area contributed by atoms with Gasteiger partial charge in [0.15, 0.2) is 0 Å². The standard InChI is InChI=1S/C11H13NO4.C11H15NO2/c1-11(2,3)7-4-5-8(10(13)14)9(6-7)12(15)16;1-11(2,3)7-4-5-8(10(13)14)9(12)6-7/h4-6H,1-3H3,(H,13,14);4-6H,12H2,1-3H3,(H,13,14). The molecule has 2 rings (SSSR count). The van der Waals surface area contributed by atoms with Crippen molar-refractivity contribution in [2.75, 3.05) is 5.73 Å². The summed E-state index contributed by atoms with van der Waals surface area (Å²) in [6, 6.07) is 9.29. The van der Waals surface area contributed by atoms with Crippen LogP contribution in [0.5, 0.6) is 0 Å².